The molecule has 0 aromatic heterocycles. The van der Waals surface area contributed by atoms with Crippen LogP contribution >= 0.6 is 0 Å². The van der Waals surface area contributed by atoms with Gasteiger partial charge in [0.15, 0.2) is 5.96 Å². The summed E-state index contributed by atoms with van der Waals surface area (Å²) in [6.45, 7) is 6.15. The minimum absolute atomic E-state index is 0.242. The molecule has 4 heteroatoms. The minimum atomic E-state index is 0.242. The number of hydrogen-bond acceptors (Lipinski definition) is 2. The summed E-state index contributed by atoms with van der Waals surface area (Å²) in [4.78, 5) is 6.98. The maximum Gasteiger partial charge on any atom is 0.193 e. The van der Waals surface area contributed by atoms with Crippen LogP contribution in [0.4, 0.5) is 0 Å². The number of likely N-dealkylation sites (tertiary alicyclic amines) is 1. The van der Waals surface area contributed by atoms with Gasteiger partial charge >= 0.3 is 0 Å². The lowest BCUT2D eigenvalue weighted by Crippen LogP contribution is -2.47. The van der Waals surface area contributed by atoms with Gasteiger partial charge in [-0.15, -0.1) is 0 Å². The molecule has 1 saturated carbocycles. The molecule has 4 nitrogen and oxygen atoms in total. The van der Waals surface area contributed by atoms with Crippen molar-refractivity contribution in [3.63, 3.8) is 0 Å². The third-order valence-corrected chi connectivity index (χ3v) is 6.23. The Morgan fingerprint density at radius 2 is 2.12 bits per heavy atom. The van der Waals surface area contributed by atoms with Gasteiger partial charge in [0.05, 0.1) is 6.61 Å². The summed E-state index contributed by atoms with van der Waals surface area (Å²) in [5.74, 6) is 1.68. The summed E-state index contributed by atoms with van der Waals surface area (Å²) in [5, 5.41) is 3.74. The number of nitrogens with one attached hydrogen (secondary N) is 1. The van der Waals surface area contributed by atoms with Gasteiger partial charge in [0, 0.05) is 45.1 Å². The van der Waals surface area contributed by atoms with Crippen LogP contribution in [-0.2, 0) is 10.2 Å². The zero-order valence-corrected chi connectivity index (χ0v) is 16.8. The second-order valence-corrected chi connectivity index (χ2v) is 8.17. The summed E-state index contributed by atoms with van der Waals surface area (Å²) in [6, 6.07) is 9.13. The van der Waals surface area contributed by atoms with Crippen molar-refractivity contribution in [1.82, 2.24) is 10.2 Å². The van der Waals surface area contributed by atoms with Crippen LogP contribution < -0.4 is 5.32 Å². The standard InChI is InChI=1S/C22H35N3O/c1-18-8-7-9-20(14-18)22(11-5-4-6-12-22)17-24-21(23-2)25-13-10-19(15-25)16-26-3/h7-9,14,19H,4-6,10-13,15-17H2,1-3H3,(H,23,24). The highest BCUT2D eigenvalue weighted by Crippen LogP contribution is 2.39. The Balaban J connectivity index is 1.69. The molecule has 1 saturated heterocycles. The number of aliphatic imine (C=N–C) groups is 1. The van der Waals surface area contributed by atoms with Crippen molar-refractivity contribution in [2.45, 2.75) is 50.9 Å². The van der Waals surface area contributed by atoms with E-state index in [4.69, 9.17) is 4.74 Å². The smallest absolute Gasteiger partial charge is 0.193 e. The number of rotatable bonds is 5. The van der Waals surface area contributed by atoms with Crippen LogP contribution in [0.3, 0.4) is 0 Å². The predicted octanol–water partition coefficient (Wildman–Crippen LogP) is 3.74. The molecule has 1 N–H and O–H groups in total. The molecule has 0 radical (unpaired) electrons. The fourth-order valence-electron chi connectivity index (χ4n) is 4.75. The Morgan fingerprint density at radius 1 is 1.31 bits per heavy atom. The molecule has 3 rings (SSSR count). The molecule has 26 heavy (non-hydrogen) atoms. The lowest BCUT2D eigenvalue weighted by Gasteiger charge is -2.39. The van der Waals surface area contributed by atoms with E-state index in [1.807, 2.05) is 7.05 Å². The quantitative estimate of drug-likeness (QED) is 0.644. The normalized spacial score (nSPS) is 23.3. The van der Waals surface area contributed by atoms with Crippen LogP contribution in [0.2, 0.25) is 0 Å². The van der Waals surface area contributed by atoms with E-state index < -0.39 is 0 Å². The van der Waals surface area contributed by atoms with Crippen molar-refractivity contribution >= 4 is 5.96 Å². The van der Waals surface area contributed by atoms with E-state index in [-0.39, 0.29) is 5.41 Å². The number of ether oxygens (including phenoxy) is 1. The molecule has 1 aromatic rings. The van der Waals surface area contributed by atoms with Crippen LogP contribution in [0, 0.1) is 12.8 Å². The van der Waals surface area contributed by atoms with E-state index in [1.54, 1.807) is 7.11 Å². The highest BCUT2D eigenvalue weighted by Gasteiger charge is 2.35. The van der Waals surface area contributed by atoms with Crippen LogP contribution in [0.1, 0.15) is 49.7 Å². The number of methoxy groups -OCH3 is 1. The van der Waals surface area contributed by atoms with Gasteiger partial charge in [-0.1, -0.05) is 49.1 Å². The minimum Gasteiger partial charge on any atom is -0.384 e. The third kappa shape index (κ3) is 4.40. The Bertz CT molecular complexity index is 607. The Labute approximate surface area is 159 Å². The molecule has 0 amide bonds. The lowest BCUT2D eigenvalue weighted by atomic mass is 9.69. The van der Waals surface area contributed by atoms with Gasteiger partial charge in [-0.2, -0.15) is 0 Å². The monoisotopic (exact) mass is 357 g/mol. The van der Waals surface area contributed by atoms with Crippen LogP contribution in [0.15, 0.2) is 29.3 Å². The highest BCUT2D eigenvalue weighted by molar-refractivity contribution is 5.80. The molecule has 0 bridgehead atoms. The number of nitrogens with zero attached hydrogens (tertiary/aromatic N) is 2. The molecule has 1 unspecified atom stereocenters. The summed E-state index contributed by atoms with van der Waals surface area (Å²) in [6.07, 6.45) is 7.76. The second kappa shape index (κ2) is 8.90. The van der Waals surface area contributed by atoms with Crippen LogP contribution in [0.25, 0.3) is 0 Å². The summed E-state index contributed by atoms with van der Waals surface area (Å²) >= 11 is 0. The van der Waals surface area contributed by atoms with Crippen molar-refractivity contribution in [3.05, 3.63) is 35.4 Å². The Hall–Kier alpha value is -1.55. The molecule has 1 aliphatic carbocycles. The highest BCUT2D eigenvalue weighted by atomic mass is 16.5. The maximum absolute atomic E-state index is 5.34. The number of aryl methyl sites for hydroxylation is 1. The van der Waals surface area contributed by atoms with E-state index in [0.29, 0.717) is 5.92 Å². The molecule has 144 valence electrons. The topological polar surface area (TPSA) is 36.9 Å². The van der Waals surface area contributed by atoms with Gasteiger partial charge < -0.3 is 15.0 Å². The van der Waals surface area contributed by atoms with Gasteiger partial charge in [0.25, 0.3) is 0 Å². The molecule has 2 fully saturated rings. The molecular formula is C22H35N3O. The lowest BCUT2D eigenvalue weighted by molar-refractivity contribution is 0.157. The SMILES string of the molecule is CN=C(NCC1(c2cccc(C)c2)CCCCC1)N1CCC(COC)C1. The zero-order valence-electron chi connectivity index (χ0n) is 16.8. The molecular weight excluding hydrogens is 322 g/mol. The summed E-state index contributed by atoms with van der Waals surface area (Å²) in [7, 11) is 3.70. The van der Waals surface area contributed by atoms with Gasteiger partial charge in [-0.3, -0.25) is 4.99 Å². The molecule has 1 aromatic carbocycles. The molecule has 0 spiro atoms. The summed E-state index contributed by atoms with van der Waals surface area (Å²) in [5.41, 5.74) is 3.10. The van der Waals surface area contributed by atoms with Crippen molar-refractivity contribution < 1.29 is 4.74 Å². The van der Waals surface area contributed by atoms with Crippen LogP contribution in [0.5, 0.6) is 0 Å². The van der Waals surface area contributed by atoms with E-state index in [1.165, 1.54) is 49.7 Å². The predicted molar refractivity (Wildman–Crippen MR) is 109 cm³/mol. The first-order valence-electron chi connectivity index (χ1n) is 10.2. The average Bonchev–Trinajstić information content (AvgIpc) is 3.12. The van der Waals surface area contributed by atoms with Gasteiger partial charge in [-0.05, 0) is 31.7 Å². The zero-order chi connectivity index (χ0) is 18.4. The van der Waals surface area contributed by atoms with Crippen molar-refractivity contribution in [2.75, 3.05) is 40.4 Å². The maximum atomic E-state index is 5.34. The first kappa shape index (κ1) is 19.2. The van der Waals surface area contributed by atoms with Crippen molar-refractivity contribution in [1.29, 1.82) is 0 Å². The molecule has 2 aliphatic rings. The largest absolute Gasteiger partial charge is 0.384 e. The first-order chi connectivity index (χ1) is 12.7. The van der Waals surface area contributed by atoms with Crippen molar-refractivity contribution in [3.8, 4) is 0 Å². The number of hydrogen-bond donors (Lipinski definition) is 1. The number of benzene rings is 1. The van der Waals surface area contributed by atoms with Gasteiger partial charge in [0.2, 0.25) is 0 Å². The fourth-order valence-corrected chi connectivity index (χ4v) is 4.75. The van der Waals surface area contributed by atoms with E-state index >= 15 is 0 Å². The van der Waals surface area contributed by atoms with E-state index in [0.717, 1.165) is 32.2 Å². The van der Waals surface area contributed by atoms with E-state index in [2.05, 4.69) is 46.4 Å². The third-order valence-electron chi connectivity index (χ3n) is 6.23. The van der Waals surface area contributed by atoms with E-state index in [9.17, 15) is 0 Å². The molecule has 1 atom stereocenters. The van der Waals surface area contributed by atoms with Crippen LogP contribution in [-0.4, -0.2) is 51.3 Å². The van der Waals surface area contributed by atoms with Crippen molar-refractivity contribution in [2.24, 2.45) is 10.9 Å². The second-order valence-electron chi connectivity index (χ2n) is 8.17. The molecule has 1 heterocycles. The van der Waals surface area contributed by atoms with Gasteiger partial charge in [-0.25, -0.2) is 0 Å². The molecule has 1 aliphatic heterocycles. The summed E-state index contributed by atoms with van der Waals surface area (Å²) < 4.78 is 5.34. The van der Waals surface area contributed by atoms with Gasteiger partial charge in [0.1, 0.15) is 0 Å². The first-order valence-corrected chi connectivity index (χ1v) is 10.2. The Morgan fingerprint density at radius 3 is 2.81 bits per heavy atom. The fraction of sp³-hybridized carbons (Fsp3) is 0.682. The average molecular weight is 358 g/mol. The number of guanidine groups is 1. The Kier molecular flexibility index (Phi) is 6.58.